The molecule has 0 aromatic heterocycles. The van der Waals surface area contributed by atoms with Gasteiger partial charge in [0.05, 0.1) is 0 Å². The fourth-order valence-electron chi connectivity index (χ4n) is 3.16. The third-order valence-electron chi connectivity index (χ3n) is 4.50. The lowest BCUT2D eigenvalue weighted by Crippen LogP contribution is -2.56. The van der Waals surface area contributed by atoms with Gasteiger partial charge in [-0.1, -0.05) is 40.5 Å². The van der Waals surface area contributed by atoms with Crippen LogP contribution in [-0.4, -0.2) is 11.6 Å². The highest BCUT2D eigenvalue weighted by Gasteiger charge is 2.47. The number of rotatable bonds is 3. The number of hydrogen-bond acceptors (Lipinski definition) is 1. The van der Waals surface area contributed by atoms with E-state index in [-0.39, 0.29) is 5.54 Å². The average molecular weight is 197 g/mol. The van der Waals surface area contributed by atoms with Crippen molar-refractivity contribution in [3.05, 3.63) is 0 Å². The molecular formula is C13H27N. The Balaban J connectivity index is 2.78. The molecule has 1 fully saturated rings. The summed E-state index contributed by atoms with van der Waals surface area (Å²) in [4.78, 5) is 0. The lowest BCUT2D eigenvalue weighted by molar-refractivity contribution is 0.0847. The molecule has 1 rings (SSSR count). The van der Waals surface area contributed by atoms with Crippen LogP contribution in [0, 0.1) is 11.3 Å². The molecule has 1 nitrogen and oxygen atoms in total. The summed E-state index contributed by atoms with van der Waals surface area (Å²) in [6, 6.07) is 0.578. The predicted octanol–water partition coefficient (Wildman–Crippen LogP) is 3.59. The molecule has 1 heteroatoms. The molecule has 1 N–H and O–H groups in total. The van der Waals surface area contributed by atoms with Crippen LogP contribution in [0.15, 0.2) is 0 Å². The van der Waals surface area contributed by atoms with Crippen molar-refractivity contribution in [3.8, 4) is 0 Å². The van der Waals surface area contributed by atoms with Gasteiger partial charge < -0.3 is 5.32 Å². The molecule has 2 unspecified atom stereocenters. The third-order valence-corrected chi connectivity index (χ3v) is 4.50. The molecule has 0 amide bonds. The van der Waals surface area contributed by atoms with Crippen molar-refractivity contribution in [2.45, 2.75) is 72.4 Å². The lowest BCUT2D eigenvalue weighted by atomic mass is 9.66. The fourth-order valence-corrected chi connectivity index (χ4v) is 3.16. The lowest BCUT2D eigenvalue weighted by Gasteiger charge is -2.47. The Labute approximate surface area is 89.7 Å². The first-order valence-electron chi connectivity index (χ1n) is 6.07. The topological polar surface area (TPSA) is 12.0 Å². The maximum atomic E-state index is 3.73. The first-order valence-corrected chi connectivity index (χ1v) is 6.07. The van der Waals surface area contributed by atoms with E-state index in [9.17, 15) is 0 Å². The Hall–Kier alpha value is -0.0400. The monoisotopic (exact) mass is 197 g/mol. The second-order valence-electron chi connectivity index (χ2n) is 6.13. The van der Waals surface area contributed by atoms with Crippen molar-refractivity contribution in [2.24, 2.45) is 11.3 Å². The van der Waals surface area contributed by atoms with Gasteiger partial charge in [-0.15, -0.1) is 0 Å². The Morgan fingerprint density at radius 3 is 2.29 bits per heavy atom. The van der Waals surface area contributed by atoms with Gasteiger partial charge in [-0.25, -0.2) is 0 Å². The fraction of sp³-hybridized carbons (Fsp3) is 1.00. The van der Waals surface area contributed by atoms with Crippen molar-refractivity contribution < 1.29 is 0 Å². The van der Waals surface area contributed by atoms with E-state index in [2.05, 4.69) is 46.9 Å². The minimum atomic E-state index is 0.261. The zero-order valence-corrected chi connectivity index (χ0v) is 10.8. The van der Waals surface area contributed by atoms with Gasteiger partial charge in [0.2, 0.25) is 0 Å². The first-order chi connectivity index (χ1) is 6.29. The van der Waals surface area contributed by atoms with Crippen molar-refractivity contribution in [3.63, 3.8) is 0 Å². The van der Waals surface area contributed by atoms with Crippen LogP contribution in [0.3, 0.4) is 0 Å². The van der Waals surface area contributed by atoms with E-state index in [0.717, 1.165) is 5.92 Å². The van der Waals surface area contributed by atoms with E-state index >= 15 is 0 Å². The minimum absolute atomic E-state index is 0.261. The highest BCUT2D eigenvalue weighted by molar-refractivity contribution is 5.02. The molecule has 1 aliphatic carbocycles. The standard InChI is InChI=1S/C13H27N/c1-10(2)14-12(4,5)13(6)9-7-8-11(13)3/h10-11,14H,7-9H2,1-6H3. The van der Waals surface area contributed by atoms with Gasteiger partial charge in [-0.3, -0.25) is 0 Å². The van der Waals surface area contributed by atoms with Gasteiger partial charge in [0.15, 0.2) is 0 Å². The number of hydrogen-bond donors (Lipinski definition) is 1. The summed E-state index contributed by atoms with van der Waals surface area (Å²) in [5, 5.41) is 3.73. The molecule has 84 valence electrons. The van der Waals surface area contributed by atoms with Crippen molar-refractivity contribution >= 4 is 0 Å². The van der Waals surface area contributed by atoms with Gasteiger partial charge in [-0.05, 0) is 31.6 Å². The molecule has 0 aromatic rings. The first kappa shape index (κ1) is 12.0. The highest BCUT2D eigenvalue weighted by atomic mass is 15.0. The maximum Gasteiger partial charge on any atom is 0.0183 e. The normalized spacial score (nSPS) is 34.1. The molecule has 0 spiro atoms. The quantitative estimate of drug-likeness (QED) is 0.729. The summed E-state index contributed by atoms with van der Waals surface area (Å²) in [6.07, 6.45) is 4.18. The van der Waals surface area contributed by atoms with E-state index in [1.54, 1.807) is 0 Å². The molecule has 14 heavy (non-hydrogen) atoms. The third kappa shape index (κ3) is 1.98. The van der Waals surface area contributed by atoms with E-state index < -0.39 is 0 Å². The predicted molar refractivity (Wildman–Crippen MR) is 63.5 cm³/mol. The highest BCUT2D eigenvalue weighted by Crippen LogP contribution is 2.50. The van der Waals surface area contributed by atoms with E-state index in [1.807, 2.05) is 0 Å². The van der Waals surface area contributed by atoms with Crippen LogP contribution in [0.2, 0.25) is 0 Å². The summed E-state index contributed by atoms with van der Waals surface area (Å²) in [7, 11) is 0. The second-order valence-corrected chi connectivity index (χ2v) is 6.13. The van der Waals surface area contributed by atoms with Crippen molar-refractivity contribution in [2.75, 3.05) is 0 Å². The summed E-state index contributed by atoms with van der Waals surface area (Å²) < 4.78 is 0. The zero-order chi connectivity index (χ0) is 11.0. The summed E-state index contributed by atoms with van der Waals surface area (Å²) in [6.45, 7) is 14.1. The van der Waals surface area contributed by atoms with Crippen LogP contribution in [-0.2, 0) is 0 Å². The van der Waals surface area contributed by atoms with E-state index in [0.29, 0.717) is 11.5 Å². The van der Waals surface area contributed by atoms with Crippen LogP contribution < -0.4 is 5.32 Å². The molecule has 0 heterocycles. The Morgan fingerprint density at radius 1 is 1.36 bits per heavy atom. The smallest absolute Gasteiger partial charge is 0.0183 e. The molecule has 0 radical (unpaired) electrons. The molecule has 0 saturated heterocycles. The van der Waals surface area contributed by atoms with Gasteiger partial charge >= 0.3 is 0 Å². The summed E-state index contributed by atoms with van der Waals surface area (Å²) >= 11 is 0. The van der Waals surface area contributed by atoms with Gasteiger partial charge in [0.25, 0.3) is 0 Å². The van der Waals surface area contributed by atoms with Crippen molar-refractivity contribution in [1.82, 2.24) is 5.32 Å². The molecule has 1 saturated carbocycles. The second kappa shape index (κ2) is 3.84. The van der Waals surface area contributed by atoms with Crippen molar-refractivity contribution in [1.29, 1.82) is 0 Å². The van der Waals surface area contributed by atoms with Crippen LogP contribution in [0.25, 0.3) is 0 Å². The SMILES string of the molecule is CC(C)NC(C)(C)C1(C)CCCC1C. The van der Waals surface area contributed by atoms with Crippen LogP contribution >= 0.6 is 0 Å². The Bertz CT molecular complexity index is 195. The Kier molecular flexibility index (Phi) is 3.30. The van der Waals surface area contributed by atoms with Crippen LogP contribution in [0.1, 0.15) is 60.8 Å². The molecular weight excluding hydrogens is 170 g/mol. The maximum absolute atomic E-state index is 3.73. The zero-order valence-electron chi connectivity index (χ0n) is 10.8. The Morgan fingerprint density at radius 2 is 1.93 bits per heavy atom. The molecule has 0 aromatic carbocycles. The molecule has 1 aliphatic rings. The van der Waals surface area contributed by atoms with Gasteiger partial charge in [0.1, 0.15) is 0 Å². The van der Waals surface area contributed by atoms with Crippen LogP contribution in [0.4, 0.5) is 0 Å². The summed E-state index contributed by atoms with van der Waals surface area (Å²) in [5.41, 5.74) is 0.731. The van der Waals surface area contributed by atoms with E-state index in [4.69, 9.17) is 0 Å². The van der Waals surface area contributed by atoms with Gasteiger partial charge in [0, 0.05) is 11.6 Å². The van der Waals surface area contributed by atoms with Gasteiger partial charge in [-0.2, -0.15) is 0 Å². The molecule has 0 bridgehead atoms. The summed E-state index contributed by atoms with van der Waals surface area (Å²) in [5.74, 6) is 0.851. The van der Waals surface area contributed by atoms with E-state index in [1.165, 1.54) is 19.3 Å². The minimum Gasteiger partial charge on any atom is -0.309 e. The molecule has 2 atom stereocenters. The molecule has 0 aliphatic heterocycles. The number of nitrogens with one attached hydrogen (secondary N) is 1. The van der Waals surface area contributed by atoms with Crippen LogP contribution in [0.5, 0.6) is 0 Å². The average Bonchev–Trinajstić information content (AvgIpc) is 2.31. The largest absolute Gasteiger partial charge is 0.309 e.